The van der Waals surface area contributed by atoms with Crippen molar-refractivity contribution in [1.82, 2.24) is 10.9 Å². The Morgan fingerprint density at radius 3 is 2.43 bits per heavy atom. The molecule has 2 rings (SSSR count). The average molecular weight is 315 g/mol. The number of halogens is 1. The molecular formula is C18H22FN3O. The van der Waals surface area contributed by atoms with Crippen molar-refractivity contribution in [2.45, 2.75) is 26.9 Å². The van der Waals surface area contributed by atoms with Crippen molar-refractivity contribution in [2.24, 2.45) is 5.92 Å². The molecule has 4 nitrogen and oxygen atoms in total. The van der Waals surface area contributed by atoms with E-state index in [-0.39, 0.29) is 17.6 Å². The average Bonchev–Trinajstić information content (AvgIpc) is 2.54. The summed E-state index contributed by atoms with van der Waals surface area (Å²) < 4.78 is 13.1. The van der Waals surface area contributed by atoms with E-state index < -0.39 is 0 Å². The normalized spacial score (nSPS) is 10.6. The summed E-state index contributed by atoms with van der Waals surface area (Å²) in [5.41, 5.74) is 8.48. The monoisotopic (exact) mass is 315 g/mol. The van der Waals surface area contributed by atoms with E-state index in [1.165, 1.54) is 12.1 Å². The van der Waals surface area contributed by atoms with Gasteiger partial charge < -0.3 is 5.32 Å². The van der Waals surface area contributed by atoms with Gasteiger partial charge in [0.05, 0.1) is 0 Å². The molecule has 5 heteroatoms. The summed E-state index contributed by atoms with van der Waals surface area (Å²) in [6.45, 7) is 4.81. The molecule has 0 aliphatic rings. The molecule has 0 atom stereocenters. The third-order valence-corrected chi connectivity index (χ3v) is 3.37. The number of nitrogens with one attached hydrogen (secondary N) is 3. The summed E-state index contributed by atoms with van der Waals surface area (Å²) in [4.78, 5) is 11.4. The number of hydrazine groups is 1. The van der Waals surface area contributed by atoms with Crippen LogP contribution in [0.5, 0.6) is 0 Å². The first-order chi connectivity index (χ1) is 11.0. The van der Waals surface area contributed by atoms with Crippen LogP contribution in [0.2, 0.25) is 0 Å². The van der Waals surface area contributed by atoms with E-state index in [0.717, 1.165) is 16.8 Å². The highest BCUT2D eigenvalue weighted by Gasteiger charge is 2.04. The topological polar surface area (TPSA) is 53.2 Å². The fraction of sp³-hybridized carbons (Fsp3) is 0.278. The minimum Gasteiger partial charge on any atom is -0.381 e. The van der Waals surface area contributed by atoms with Crippen molar-refractivity contribution >= 4 is 11.6 Å². The van der Waals surface area contributed by atoms with Gasteiger partial charge in [-0.3, -0.25) is 10.2 Å². The molecule has 0 saturated carbocycles. The van der Waals surface area contributed by atoms with Gasteiger partial charge >= 0.3 is 0 Å². The molecule has 2 aromatic rings. The van der Waals surface area contributed by atoms with Gasteiger partial charge in [-0.25, -0.2) is 9.82 Å². The van der Waals surface area contributed by atoms with Crippen molar-refractivity contribution in [2.75, 3.05) is 5.32 Å². The number of carbonyl (C=O) groups excluding carboxylic acids is 1. The number of hydrogen-bond acceptors (Lipinski definition) is 3. The molecule has 1 amide bonds. The second-order valence-corrected chi connectivity index (χ2v) is 5.68. The van der Waals surface area contributed by atoms with Crippen LogP contribution < -0.4 is 16.2 Å². The van der Waals surface area contributed by atoms with Gasteiger partial charge in [0.1, 0.15) is 5.82 Å². The Bertz CT molecular complexity index is 641. The first kappa shape index (κ1) is 17.0. The Kier molecular flexibility index (Phi) is 6.11. The molecule has 0 heterocycles. The zero-order valence-electron chi connectivity index (χ0n) is 13.4. The van der Waals surface area contributed by atoms with Crippen LogP contribution >= 0.6 is 0 Å². The fourth-order valence-corrected chi connectivity index (χ4v) is 1.97. The largest absolute Gasteiger partial charge is 0.381 e. The number of hydrogen-bond donors (Lipinski definition) is 3. The lowest BCUT2D eigenvalue weighted by molar-refractivity contribution is -0.125. The molecule has 0 aliphatic heterocycles. The molecule has 3 N–H and O–H groups in total. The number of amides is 1. The zero-order chi connectivity index (χ0) is 16.7. The number of anilines is 1. The first-order valence-electron chi connectivity index (χ1n) is 7.64. The maximum atomic E-state index is 13.1. The summed E-state index contributed by atoms with van der Waals surface area (Å²) in [6.07, 6.45) is 0. The number of rotatable bonds is 7. The van der Waals surface area contributed by atoms with E-state index in [0.29, 0.717) is 13.1 Å². The summed E-state index contributed by atoms with van der Waals surface area (Å²) in [6, 6.07) is 14.4. The lowest BCUT2D eigenvalue weighted by atomic mass is 10.2. The summed E-state index contributed by atoms with van der Waals surface area (Å²) in [5.74, 6) is -0.301. The van der Waals surface area contributed by atoms with Crippen molar-refractivity contribution < 1.29 is 9.18 Å². The second kappa shape index (κ2) is 8.29. The molecule has 0 bridgehead atoms. The van der Waals surface area contributed by atoms with Crippen LogP contribution in [0.3, 0.4) is 0 Å². The lowest BCUT2D eigenvalue weighted by Crippen LogP contribution is -2.39. The van der Waals surface area contributed by atoms with Gasteiger partial charge in [0.15, 0.2) is 0 Å². The van der Waals surface area contributed by atoms with Crippen LogP contribution in [-0.4, -0.2) is 5.91 Å². The van der Waals surface area contributed by atoms with Gasteiger partial charge in [0.2, 0.25) is 5.91 Å². The Labute approximate surface area is 136 Å². The van der Waals surface area contributed by atoms with E-state index in [1.54, 1.807) is 6.07 Å². The van der Waals surface area contributed by atoms with E-state index in [4.69, 9.17) is 0 Å². The third kappa shape index (κ3) is 5.71. The van der Waals surface area contributed by atoms with Crippen LogP contribution in [0.4, 0.5) is 10.1 Å². The van der Waals surface area contributed by atoms with E-state index in [9.17, 15) is 9.18 Å². The molecule has 0 fully saturated rings. The first-order valence-corrected chi connectivity index (χ1v) is 7.64. The molecule has 2 aromatic carbocycles. The van der Waals surface area contributed by atoms with Crippen LogP contribution in [0.15, 0.2) is 48.5 Å². The molecule has 0 radical (unpaired) electrons. The van der Waals surface area contributed by atoms with Crippen LogP contribution in [0, 0.1) is 11.7 Å². The standard InChI is InChI=1S/C18H22FN3O/c1-13(2)18(23)22-21-12-14-6-8-17(9-7-14)20-11-15-4-3-5-16(19)10-15/h3-10,13,20-21H,11-12H2,1-2H3,(H,22,23). The van der Waals surface area contributed by atoms with Gasteiger partial charge in [0.25, 0.3) is 0 Å². The van der Waals surface area contributed by atoms with Gasteiger partial charge in [-0.2, -0.15) is 0 Å². The smallest absolute Gasteiger partial charge is 0.236 e. The van der Waals surface area contributed by atoms with Crippen LogP contribution in [0.25, 0.3) is 0 Å². The summed E-state index contributed by atoms with van der Waals surface area (Å²) in [7, 11) is 0. The van der Waals surface area contributed by atoms with Crippen molar-refractivity contribution in [3.8, 4) is 0 Å². The molecule has 0 saturated heterocycles. The Hall–Kier alpha value is -2.40. The molecule has 0 aromatic heterocycles. The summed E-state index contributed by atoms with van der Waals surface area (Å²) in [5, 5.41) is 3.25. The predicted molar refractivity (Wildman–Crippen MR) is 90.0 cm³/mol. The number of benzene rings is 2. The highest BCUT2D eigenvalue weighted by molar-refractivity contribution is 5.77. The molecule has 0 unspecified atom stereocenters. The van der Waals surface area contributed by atoms with E-state index in [2.05, 4.69) is 16.2 Å². The molecule has 0 aliphatic carbocycles. The lowest BCUT2D eigenvalue weighted by Gasteiger charge is -2.10. The SMILES string of the molecule is CC(C)C(=O)NNCc1ccc(NCc2cccc(F)c2)cc1. The van der Waals surface area contributed by atoms with Crippen molar-refractivity contribution in [3.05, 3.63) is 65.5 Å². The zero-order valence-corrected chi connectivity index (χ0v) is 13.4. The van der Waals surface area contributed by atoms with Gasteiger partial charge in [-0.05, 0) is 35.4 Å². The fourth-order valence-electron chi connectivity index (χ4n) is 1.97. The van der Waals surface area contributed by atoms with Gasteiger partial charge in [-0.1, -0.05) is 38.1 Å². The minimum absolute atomic E-state index is 0.0293. The van der Waals surface area contributed by atoms with Crippen LogP contribution in [0.1, 0.15) is 25.0 Å². The van der Waals surface area contributed by atoms with E-state index in [1.807, 2.05) is 44.2 Å². The van der Waals surface area contributed by atoms with Gasteiger partial charge in [-0.15, -0.1) is 0 Å². The highest BCUT2D eigenvalue weighted by atomic mass is 19.1. The molecular weight excluding hydrogens is 293 g/mol. The van der Waals surface area contributed by atoms with E-state index >= 15 is 0 Å². The van der Waals surface area contributed by atoms with Crippen LogP contribution in [-0.2, 0) is 17.9 Å². The third-order valence-electron chi connectivity index (χ3n) is 3.37. The minimum atomic E-state index is -0.228. The van der Waals surface area contributed by atoms with Gasteiger partial charge in [0, 0.05) is 24.7 Å². The number of carbonyl (C=O) groups is 1. The maximum Gasteiger partial charge on any atom is 0.236 e. The second-order valence-electron chi connectivity index (χ2n) is 5.68. The Balaban J connectivity index is 1.79. The Morgan fingerprint density at radius 2 is 1.78 bits per heavy atom. The molecule has 122 valence electrons. The summed E-state index contributed by atoms with van der Waals surface area (Å²) >= 11 is 0. The predicted octanol–water partition coefficient (Wildman–Crippen LogP) is 3.21. The quantitative estimate of drug-likeness (QED) is 0.688. The van der Waals surface area contributed by atoms with Crippen molar-refractivity contribution in [3.63, 3.8) is 0 Å². The van der Waals surface area contributed by atoms with Crippen molar-refractivity contribution in [1.29, 1.82) is 0 Å². The molecule has 23 heavy (non-hydrogen) atoms. The molecule has 0 spiro atoms. The Morgan fingerprint density at radius 1 is 1.04 bits per heavy atom. The highest BCUT2D eigenvalue weighted by Crippen LogP contribution is 2.12. The maximum absolute atomic E-state index is 13.1.